The molecule has 0 saturated carbocycles. The van der Waals surface area contributed by atoms with Gasteiger partial charge in [-0.25, -0.2) is 0 Å². The number of hydrogen-bond donors (Lipinski definition) is 4. The van der Waals surface area contributed by atoms with Gasteiger partial charge in [0, 0.05) is 6.54 Å². The molecule has 5 N–H and O–H groups in total. The summed E-state index contributed by atoms with van der Waals surface area (Å²) < 4.78 is 0. The van der Waals surface area contributed by atoms with E-state index in [4.69, 9.17) is 15.9 Å². The number of nitrogens with two attached hydrogens (primary N) is 1. The third-order valence-electron chi connectivity index (χ3n) is 2.25. The minimum Gasteiger partial charge on any atom is -0.480 e. The molecule has 0 saturated heterocycles. The van der Waals surface area contributed by atoms with Crippen molar-refractivity contribution in [3.05, 3.63) is 0 Å². The molecule has 2 atom stereocenters. The molecule has 0 heterocycles. The zero-order valence-electron chi connectivity index (χ0n) is 9.48. The summed E-state index contributed by atoms with van der Waals surface area (Å²) in [5.41, 5.74) is 5.30. The summed E-state index contributed by atoms with van der Waals surface area (Å²) in [5, 5.41) is 20.2. The third kappa shape index (κ3) is 6.36. The van der Waals surface area contributed by atoms with E-state index < -0.39 is 18.1 Å². The van der Waals surface area contributed by atoms with Gasteiger partial charge in [0.1, 0.15) is 12.1 Å². The van der Waals surface area contributed by atoms with Gasteiger partial charge in [0.15, 0.2) is 0 Å². The number of aliphatic hydroxyl groups is 1. The second-order valence-electron chi connectivity index (χ2n) is 3.66. The van der Waals surface area contributed by atoms with Gasteiger partial charge in [-0.15, -0.1) is 0 Å². The summed E-state index contributed by atoms with van der Waals surface area (Å²) >= 11 is 0. The largest absolute Gasteiger partial charge is 0.480 e. The molecule has 0 fully saturated rings. The summed E-state index contributed by atoms with van der Waals surface area (Å²) in [7, 11) is 0. The quantitative estimate of drug-likeness (QED) is 0.420. The normalized spacial score (nSPS) is 14.2. The Morgan fingerprint density at radius 1 is 1.38 bits per heavy atom. The Hall–Kier alpha value is -1.14. The first-order chi connectivity index (χ1) is 7.49. The average molecular weight is 232 g/mol. The summed E-state index contributed by atoms with van der Waals surface area (Å²) in [6.45, 7) is 2.15. The number of carbonyl (C=O) groups excluding carboxylic acids is 1. The number of hydrogen-bond acceptors (Lipinski definition) is 4. The molecule has 0 bridgehead atoms. The van der Waals surface area contributed by atoms with Gasteiger partial charge in [-0.2, -0.15) is 0 Å². The fourth-order valence-electron chi connectivity index (χ4n) is 1.13. The predicted octanol–water partition coefficient (Wildman–Crippen LogP) is -0.544. The van der Waals surface area contributed by atoms with Crippen molar-refractivity contribution in [2.75, 3.05) is 6.54 Å². The van der Waals surface area contributed by atoms with E-state index in [2.05, 4.69) is 5.32 Å². The van der Waals surface area contributed by atoms with Crippen molar-refractivity contribution < 1.29 is 19.8 Å². The molecule has 94 valence electrons. The van der Waals surface area contributed by atoms with Gasteiger partial charge >= 0.3 is 5.97 Å². The van der Waals surface area contributed by atoms with Crippen LogP contribution >= 0.6 is 0 Å². The number of carbonyl (C=O) groups is 2. The average Bonchev–Trinajstić information content (AvgIpc) is 2.26. The minimum absolute atomic E-state index is 0.384. The number of carboxylic acid groups (broad SMARTS) is 1. The lowest BCUT2D eigenvalue weighted by Gasteiger charge is -2.09. The second-order valence-corrected chi connectivity index (χ2v) is 3.66. The first-order valence-corrected chi connectivity index (χ1v) is 5.43. The lowest BCUT2D eigenvalue weighted by Crippen LogP contribution is -2.35. The zero-order chi connectivity index (χ0) is 12.6. The highest BCUT2D eigenvalue weighted by molar-refractivity contribution is 5.80. The molecule has 0 radical (unpaired) electrons. The standard InChI is InChI=1S/C10H20N2O4/c1-2-8(13)9(14)12-6-4-3-5-7(11)10(15)16/h7-8,13H,2-6,11H2,1H3,(H,12,14)(H,15,16)/t7-,8?/m0/s1. The van der Waals surface area contributed by atoms with Crippen molar-refractivity contribution in [3.8, 4) is 0 Å². The van der Waals surface area contributed by atoms with Crippen LogP contribution in [0, 0.1) is 0 Å². The van der Waals surface area contributed by atoms with Gasteiger partial charge in [0.25, 0.3) is 0 Å². The van der Waals surface area contributed by atoms with Crippen molar-refractivity contribution in [2.24, 2.45) is 5.73 Å². The number of unbranched alkanes of at least 4 members (excludes halogenated alkanes) is 1. The van der Waals surface area contributed by atoms with Crippen LogP contribution < -0.4 is 11.1 Å². The molecule has 0 aliphatic heterocycles. The van der Waals surface area contributed by atoms with Crippen LogP contribution in [0.3, 0.4) is 0 Å². The van der Waals surface area contributed by atoms with Gasteiger partial charge in [-0.1, -0.05) is 6.92 Å². The van der Waals surface area contributed by atoms with Gasteiger partial charge < -0.3 is 21.3 Å². The highest BCUT2D eigenvalue weighted by Gasteiger charge is 2.12. The van der Waals surface area contributed by atoms with Crippen molar-refractivity contribution in [1.82, 2.24) is 5.32 Å². The highest BCUT2D eigenvalue weighted by Crippen LogP contribution is 1.98. The van der Waals surface area contributed by atoms with Crippen molar-refractivity contribution in [3.63, 3.8) is 0 Å². The molecule has 16 heavy (non-hydrogen) atoms. The van der Waals surface area contributed by atoms with Crippen LogP contribution in [-0.2, 0) is 9.59 Å². The second kappa shape index (κ2) is 8.06. The number of amides is 1. The van der Waals surface area contributed by atoms with Crippen LogP contribution in [0.15, 0.2) is 0 Å². The first-order valence-electron chi connectivity index (χ1n) is 5.43. The Balaban J connectivity index is 3.47. The molecular weight excluding hydrogens is 212 g/mol. The van der Waals surface area contributed by atoms with Gasteiger partial charge in [-0.3, -0.25) is 9.59 Å². The molecule has 0 aromatic rings. The SMILES string of the molecule is CCC(O)C(=O)NCCCC[C@H](N)C(=O)O. The number of aliphatic carboxylic acids is 1. The zero-order valence-corrected chi connectivity index (χ0v) is 9.48. The van der Waals surface area contributed by atoms with E-state index in [1.54, 1.807) is 6.92 Å². The van der Waals surface area contributed by atoms with Crippen LogP contribution in [0.2, 0.25) is 0 Å². The number of aliphatic hydroxyl groups excluding tert-OH is 1. The molecule has 1 unspecified atom stereocenters. The predicted molar refractivity (Wildman–Crippen MR) is 58.8 cm³/mol. The number of nitrogens with one attached hydrogen (secondary N) is 1. The monoisotopic (exact) mass is 232 g/mol. The van der Waals surface area contributed by atoms with Gasteiger partial charge in [-0.05, 0) is 25.7 Å². The van der Waals surface area contributed by atoms with Crippen LogP contribution in [0.5, 0.6) is 0 Å². The van der Waals surface area contributed by atoms with Crippen LogP contribution in [0.1, 0.15) is 32.6 Å². The third-order valence-corrected chi connectivity index (χ3v) is 2.25. The Bertz CT molecular complexity index is 233. The topological polar surface area (TPSA) is 113 Å². The van der Waals surface area contributed by atoms with E-state index in [1.165, 1.54) is 0 Å². The maximum absolute atomic E-state index is 11.1. The summed E-state index contributed by atoms with van der Waals surface area (Å²) in [6.07, 6.45) is 1.11. The molecule has 0 rings (SSSR count). The molecule has 0 aromatic heterocycles. The fourth-order valence-corrected chi connectivity index (χ4v) is 1.13. The summed E-state index contributed by atoms with van der Waals surface area (Å²) in [6, 6.07) is -0.836. The Labute approximate surface area is 94.8 Å². The summed E-state index contributed by atoms with van der Waals surface area (Å²) in [5.74, 6) is -1.39. The van der Waals surface area contributed by atoms with Gasteiger partial charge in [0.2, 0.25) is 5.91 Å². The number of rotatable bonds is 8. The Morgan fingerprint density at radius 3 is 2.50 bits per heavy atom. The lowest BCUT2D eigenvalue weighted by molar-refractivity contribution is -0.138. The van der Waals surface area contributed by atoms with E-state index in [0.29, 0.717) is 32.2 Å². The van der Waals surface area contributed by atoms with Crippen molar-refractivity contribution >= 4 is 11.9 Å². The Kier molecular flexibility index (Phi) is 7.49. The van der Waals surface area contributed by atoms with Crippen LogP contribution in [0.4, 0.5) is 0 Å². The molecule has 0 spiro atoms. The first kappa shape index (κ1) is 14.9. The fraction of sp³-hybridized carbons (Fsp3) is 0.800. The molecule has 6 nitrogen and oxygen atoms in total. The van der Waals surface area contributed by atoms with Crippen LogP contribution in [-0.4, -0.2) is 40.8 Å². The van der Waals surface area contributed by atoms with E-state index >= 15 is 0 Å². The maximum atomic E-state index is 11.1. The van der Waals surface area contributed by atoms with E-state index in [9.17, 15) is 9.59 Å². The highest BCUT2D eigenvalue weighted by atomic mass is 16.4. The van der Waals surface area contributed by atoms with E-state index in [1.807, 2.05) is 0 Å². The van der Waals surface area contributed by atoms with Crippen LogP contribution in [0.25, 0.3) is 0 Å². The molecular formula is C10H20N2O4. The van der Waals surface area contributed by atoms with Crippen molar-refractivity contribution in [2.45, 2.75) is 44.8 Å². The molecule has 0 aliphatic rings. The smallest absolute Gasteiger partial charge is 0.320 e. The molecule has 6 heteroatoms. The molecule has 0 aromatic carbocycles. The van der Waals surface area contributed by atoms with E-state index in [-0.39, 0.29) is 5.91 Å². The molecule has 1 amide bonds. The number of carboxylic acids is 1. The molecule has 0 aliphatic carbocycles. The van der Waals surface area contributed by atoms with E-state index in [0.717, 1.165) is 0 Å². The van der Waals surface area contributed by atoms with Crippen molar-refractivity contribution in [1.29, 1.82) is 0 Å². The lowest BCUT2D eigenvalue weighted by atomic mass is 10.1. The van der Waals surface area contributed by atoms with Gasteiger partial charge in [0.05, 0.1) is 0 Å². The maximum Gasteiger partial charge on any atom is 0.320 e. The minimum atomic E-state index is -1.01. The summed E-state index contributed by atoms with van der Waals surface area (Å²) in [4.78, 5) is 21.5. The Morgan fingerprint density at radius 2 is 2.00 bits per heavy atom.